The summed E-state index contributed by atoms with van der Waals surface area (Å²) in [5.74, 6) is 1.15. The molecule has 1 fully saturated rings. The molecule has 0 heterocycles. The third-order valence-corrected chi connectivity index (χ3v) is 4.37. The molecule has 3 N–H and O–H groups in total. The monoisotopic (exact) mass is 301 g/mol. The highest BCUT2D eigenvalue weighted by molar-refractivity contribution is 4.75. The molecular formula is C17H35NO3. The maximum Gasteiger partial charge on any atom is 0.0897 e. The van der Waals surface area contributed by atoms with E-state index in [1.165, 1.54) is 25.7 Å². The maximum absolute atomic E-state index is 9.96. The van der Waals surface area contributed by atoms with Crippen molar-refractivity contribution in [1.82, 2.24) is 5.32 Å². The largest absolute Gasteiger partial charge is 0.392 e. The second-order valence-corrected chi connectivity index (χ2v) is 6.92. The quantitative estimate of drug-likeness (QED) is 0.579. The fourth-order valence-electron chi connectivity index (χ4n) is 3.20. The van der Waals surface area contributed by atoms with Crippen LogP contribution in [0, 0.1) is 11.8 Å². The molecule has 0 aliphatic heterocycles. The van der Waals surface area contributed by atoms with Gasteiger partial charge in [-0.1, -0.05) is 40.0 Å². The Morgan fingerprint density at radius 2 is 1.76 bits per heavy atom. The number of hydrogen-bond acceptors (Lipinski definition) is 4. The van der Waals surface area contributed by atoms with E-state index in [0.29, 0.717) is 37.6 Å². The zero-order valence-corrected chi connectivity index (χ0v) is 14.1. The molecule has 4 heteroatoms. The van der Waals surface area contributed by atoms with Crippen LogP contribution in [-0.4, -0.2) is 48.2 Å². The van der Waals surface area contributed by atoms with Crippen molar-refractivity contribution >= 4 is 0 Å². The molecule has 4 nitrogen and oxygen atoms in total. The summed E-state index contributed by atoms with van der Waals surface area (Å²) in [7, 11) is 0. The Hall–Kier alpha value is -0.160. The maximum atomic E-state index is 9.96. The van der Waals surface area contributed by atoms with Crippen LogP contribution in [0.3, 0.4) is 0 Å². The van der Waals surface area contributed by atoms with Gasteiger partial charge in [-0.2, -0.15) is 0 Å². The number of nitrogens with one attached hydrogen (secondary N) is 1. The van der Waals surface area contributed by atoms with Crippen molar-refractivity contribution in [3.05, 3.63) is 0 Å². The minimum Gasteiger partial charge on any atom is -0.392 e. The van der Waals surface area contributed by atoms with Crippen molar-refractivity contribution in [1.29, 1.82) is 0 Å². The first kappa shape index (κ1) is 18.9. The summed E-state index contributed by atoms with van der Waals surface area (Å²) >= 11 is 0. The third-order valence-electron chi connectivity index (χ3n) is 4.37. The van der Waals surface area contributed by atoms with Gasteiger partial charge in [-0.25, -0.2) is 0 Å². The summed E-state index contributed by atoms with van der Waals surface area (Å²) in [6, 6.07) is 0. The number of aliphatic hydroxyl groups is 2. The van der Waals surface area contributed by atoms with Gasteiger partial charge in [-0.05, 0) is 31.1 Å². The van der Waals surface area contributed by atoms with Gasteiger partial charge in [0.2, 0.25) is 0 Å². The van der Waals surface area contributed by atoms with Gasteiger partial charge in [0.25, 0.3) is 0 Å². The lowest BCUT2D eigenvalue weighted by Gasteiger charge is -2.31. The standard InChI is InChI=1S/C17H35NO3/c1-4-14-7-5-6-8-17(14)21-12-16(20)11-18-10-15(19)9-13(2)3/h13-20H,4-12H2,1-3H3. The lowest BCUT2D eigenvalue weighted by Crippen LogP contribution is -2.37. The van der Waals surface area contributed by atoms with E-state index in [-0.39, 0.29) is 6.10 Å². The highest BCUT2D eigenvalue weighted by atomic mass is 16.5. The van der Waals surface area contributed by atoms with Crippen LogP contribution in [0.4, 0.5) is 0 Å². The first-order valence-electron chi connectivity index (χ1n) is 8.71. The van der Waals surface area contributed by atoms with Crippen molar-refractivity contribution < 1.29 is 14.9 Å². The summed E-state index contributed by atoms with van der Waals surface area (Å²) in [5.41, 5.74) is 0. The van der Waals surface area contributed by atoms with Crippen molar-refractivity contribution in [2.24, 2.45) is 11.8 Å². The molecule has 4 unspecified atom stereocenters. The average molecular weight is 301 g/mol. The number of rotatable bonds is 10. The third kappa shape index (κ3) is 8.15. The average Bonchev–Trinajstić information content (AvgIpc) is 2.44. The summed E-state index contributed by atoms with van der Waals surface area (Å²) in [4.78, 5) is 0. The van der Waals surface area contributed by atoms with Crippen molar-refractivity contribution in [3.63, 3.8) is 0 Å². The van der Waals surface area contributed by atoms with E-state index in [2.05, 4.69) is 26.1 Å². The zero-order valence-electron chi connectivity index (χ0n) is 14.1. The highest BCUT2D eigenvalue weighted by Gasteiger charge is 2.24. The minimum absolute atomic E-state index is 0.324. The van der Waals surface area contributed by atoms with Gasteiger partial charge < -0.3 is 20.3 Å². The van der Waals surface area contributed by atoms with E-state index in [1.807, 2.05) is 0 Å². The minimum atomic E-state index is -0.490. The Morgan fingerprint density at radius 1 is 1.10 bits per heavy atom. The van der Waals surface area contributed by atoms with Gasteiger partial charge >= 0.3 is 0 Å². The Labute approximate surface area is 130 Å². The number of aliphatic hydroxyl groups excluding tert-OH is 2. The second kappa shape index (κ2) is 10.5. The zero-order chi connectivity index (χ0) is 15.7. The van der Waals surface area contributed by atoms with Crippen LogP contribution in [0.2, 0.25) is 0 Å². The van der Waals surface area contributed by atoms with Crippen LogP contribution in [0.1, 0.15) is 59.3 Å². The Bertz CT molecular complexity index is 260. The first-order chi connectivity index (χ1) is 10.0. The lowest BCUT2D eigenvalue weighted by atomic mass is 9.85. The summed E-state index contributed by atoms with van der Waals surface area (Å²) in [6.45, 7) is 7.84. The smallest absolute Gasteiger partial charge is 0.0897 e. The van der Waals surface area contributed by atoms with Gasteiger partial charge in [-0.15, -0.1) is 0 Å². The van der Waals surface area contributed by atoms with Crippen molar-refractivity contribution in [2.45, 2.75) is 77.6 Å². The van der Waals surface area contributed by atoms with E-state index in [4.69, 9.17) is 4.74 Å². The molecule has 0 aromatic carbocycles. The van der Waals surface area contributed by atoms with Crippen LogP contribution in [0.25, 0.3) is 0 Å². The van der Waals surface area contributed by atoms with Gasteiger partial charge in [0.1, 0.15) is 0 Å². The molecule has 0 aromatic rings. The molecule has 21 heavy (non-hydrogen) atoms. The first-order valence-corrected chi connectivity index (χ1v) is 8.71. The summed E-state index contributed by atoms with van der Waals surface area (Å²) in [5, 5.41) is 22.8. The van der Waals surface area contributed by atoms with Gasteiger partial charge in [0, 0.05) is 13.1 Å². The molecule has 1 saturated carbocycles. The molecule has 1 aliphatic rings. The lowest BCUT2D eigenvalue weighted by molar-refractivity contribution is -0.0502. The van der Waals surface area contributed by atoms with Crippen LogP contribution < -0.4 is 5.32 Å². The molecular weight excluding hydrogens is 266 g/mol. The van der Waals surface area contributed by atoms with E-state index < -0.39 is 6.10 Å². The van der Waals surface area contributed by atoms with Gasteiger partial charge in [0.15, 0.2) is 0 Å². The molecule has 1 rings (SSSR count). The van der Waals surface area contributed by atoms with E-state index in [9.17, 15) is 10.2 Å². The van der Waals surface area contributed by atoms with E-state index in [1.54, 1.807) is 0 Å². The van der Waals surface area contributed by atoms with Crippen LogP contribution in [-0.2, 0) is 4.74 Å². The second-order valence-electron chi connectivity index (χ2n) is 6.92. The Morgan fingerprint density at radius 3 is 2.43 bits per heavy atom. The highest BCUT2D eigenvalue weighted by Crippen LogP contribution is 2.29. The molecule has 1 aliphatic carbocycles. The molecule has 126 valence electrons. The molecule has 0 amide bonds. The SMILES string of the molecule is CCC1CCCCC1OCC(O)CNCC(O)CC(C)C. The summed E-state index contributed by atoms with van der Waals surface area (Å²) in [6.07, 6.45) is 6.41. The van der Waals surface area contributed by atoms with Gasteiger partial charge in [0.05, 0.1) is 24.9 Å². The molecule has 4 atom stereocenters. The van der Waals surface area contributed by atoms with Gasteiger partial charge in [-0.3, -0.25) is 0 Å². The fourth-order valence-corrected chi connectivity index (χ4v) is 3.20. The molecule has 0 aromatic heterocycles. The fraction of sp³-hybridized carbons (Fsp3) is 1.00. The number of hydrogen-bond donors (Lipinski definition) is 3. The van der Waals surface area contributed by atoms with E-state index in [0.717, 1.165) is 12.8 Å². The molecule has 0 bridgehead atoms. The van der Waals surface area contributed by atoms with Crippen molar-refractivity contribution in [3.8, 4) is 0 Å². The van der Waals surface area contributed by atoms with Crippen LogP contribution >= 0.6 is 0 Å². The molecule has 0 radical (unpaired) electrons. The molecule has 0 saturated heterocycles. The van der Waals surface area contributed by atoms with Crippen LogP contribution in [0.5, 0.6) is 0 Å². The van der Waals surface area contributed by atoms with Crippen LogP contribution in [0.15, 0.2) is 0 Å². The molecule has 0 spiro atoms. The Balaban J connectivity index is 2.11. The number of ether oxygens (including phenoxy) is 1. The van der Waals surface area contributed by atoms with Crippen molar-refractivity contribution in [2.75, 3.05) is 19.7 Å². The summed E-state index contributed by atoms with van der Waals surface area (Å²) < 4.78 is 5.92. The topological polar surface area (TPSA) is 61.7 Å². The predicted molar refractivity (Wildman–Crippen MR) is 86.3 cm³/mol. The predicted octanol–water partition coefficient (Wildman–Crippen LogP) is 2.33. The normalized spacial score (nSPS) is 26.0. The van der Waals surface area contributed by atoms with E-state index >= 15 is 0 Å². The Kier molecular flexibility index (Phi) is 9.49.